The summed E-state index contributed by atoms with van der Waals surface area (Å²) in [7, 11) is 3.24. The number of aryl methyl sites for hydroxylation is 1. The summed E-state index contributed by atoms with van der Waals surface area (Å²) in [5, 5.41) is 1.17. The molecule has 0 saturated heterocycles. The minimum atomic E-state index is -0.311. The number of hydrogen-bond donors (Lipinski definition) is 0. The van der Waals surface area contributed by atoms with E-state index in [4.69, 9.17) is 11.6 Å². The normalized spacial score (nSPS) is 15.7. The van der Waals surface area contributed by atoms with Crippen molar-refractivity contribution in [2.24, 2.45) is 14.1 Å². The highest BCUT2D eigenvalue weighted by molar-refractivity contribution is 6.33. The van der Waals surface area contributed by atoms with E-state index in [9.17, 15) is 9.59 Å². The number of fused-ring (bicyclic) bond motifs is 1. The van der Waals surface area contributed by atoms with E-state index < -0.39 is 0 Å². The van der Waals surface area contributed by atoms with Crippen LogP contribution < -0.4 is 11.2 Å². The summed E-state index contributed by atoms with van der Waals surface area (Å²) in [4.78, 5) is 25.4. The van der Waals surface area contributed by atoms with Crippen molar-refractivity contribution in [3.05, 3.63) is 56.3 Å². The fourth-order valence-electron chi connectivity index (χ4n) is 4.13. The minimum Gasteiger partial charge on any atom is -0.342 e. The molecule has 3 aromatic rings. The van der Waals surface area contributed by atoms with Gasteiger partial charge < -0.3 is 4.57 Å². The second-order valence-corrected chi connectivity index (χ2v) is 7.53. The largest absolute Gasteiger partial charge is 0.342 e. The molecule has 5 nitrogen and oxygen atoms in total. The van der Waals surface area contributed by atoms with Crippen molar-refractivity contribution in [1.29, 1.82) is 0 Å². The van der Waals surface area contributed by atoms with Crippen LogP contribution in [-0.4, -0.2) is 13.7 Å². The third-order valence-electron chi connectivity index (χ3n) is 5.56. The van der Waals surface area contributed by atoms with Crippen LogP contribution in [-0.2, 0) is 14.1 Å². The van der Waals surface area contributed by atoms with E-state index in [2.05, 4.69) is 4.57 Å². The molecule has 26 heavy (non-hydrogen) atoms. The van der Waals surface area contributed by atoms with Gasteiger partial charge in [-0.3, -0.25) is 13.9 Å². The minimum absolute atomic E-state index is 0.271. The molecular formula is C20H22ClN3O2. The Balaban J connectivity index is 2.14. The maximum Gasteiger partial charge on any atom is 0.330 e. The monoisotopic (exact) mass is 371 g/mol. The third-order valence-corrected chi connectivity index (χ3v) is 5.89. The number of nitrogens with zero attached hydrogens (tertiary/aromatic N) is 3. The Labute approximate surface area is 156 Å². The molecule has 0 unspecified atom stereocenters. The van der Waals surface area contributed by atoms with Gasteiger partial charge in [0.1, 0.15) is 0 Å². The highest BCUT2D eigenvalue weighted by atomic mass is 35.5. The first kappa shape index (κ1) is 17.2. The standard InChI is InChI=1S/C20H22ClN3O2/c1-22-16-12-24(13-8-4-3-5-9-13)18(14-10-6-7-11-15(14)21)17(16)19(25)23(2)20(22)26/h6-7,10-13H,3-5,8-9H2,1-2H3. The number of aromatic nitrogens is 3. The first-order valence-electron chi connectivity index (χ1n) is 9.06. The topological polar surface area (TPSA) is 48.9 Å². The van der Waals surface area contributed by atoms with Crippen LogP contribution >= 0.6 is 11.6 Å². The molecule has 2 aromatic heterocycles. The SMILES string of the molecule is Cn1c(=O)c2c(-c3ccccc3Cl)n(C3CCCCC3)cc2n(C)c1=O. The lowest BCUT2D eigenvalue weighted by molar-refractivity contribution is 0.357. The maximum atomic E-state index is 13.0. The van der Waals surface area contributed by atoms with Crippen LogP contribution in [0.1, 0.15) is 38.1 Å². The first-order valence-corrected chi connectivity index (χ1v) is 9.44. The van der Waals surface area contributed by atoms with Crippen LogP contribution in [0.5, 0.6) is 0 Å². The summed E-state index contributed by atoms with van der Waals surface area (Å²) in [5.74, 6) is 0. The Morgan fingerprint density at radius 3 is 2.38 bits per heavy atom. The fraction of sp³-hybridized carbons (Fsp3) is 0.400. The van der Waals surface area contributed by atoms with Crippen LogP contribution in [0.3, 0.4) is 0 Å². The lowest BCUT2D eigenvalue weighted by Crippen LogP contribution is -2.36. The van der Waals surface area contributed by atoms with E-state index in [1.807, 2.05) is 30.5 Å². The average Bonchev–Trinajstić information content (AvgIpc) is 3.06. The molecule has 1 saturated carbocycles. The van der Waals surface area contributed by atoms with Gasteiger partial charge in [-0.25, -0.2) is 4.79 Å². The van der Waals surface area contributed by atoms with Gasteiger partial charge in [0.05, 0.1) is 16.6 Å². The van der Waals surface area contributed by atoms with Crippen LogP contribution in [0, 0.1) is 0 Å². The zero-order valence-corrected chi connectivity index (χ0v) is 15.8. The number of rotatable bonds is 2. The zero-order valence-electron chi connectivity index (χ0n) is 15.0. The van der Waals surface area contributed by atoms with Crippen LogP contribution in [0.25, 0.3) is 22.2 Å². The lowest BCUT2D eigenvalue weighted by atomic mass is 9.95. The molecule has 1 aromatic carbocycles. The molecule has 0 bridgehead atoms. The molecule has 0 radical (unpaired) electrons. The highest BCUT2D eigenvalue weighted by Crippen LogP contribution is 2.38. The molecule has 0 N–H and O–H groups in total. The highest BCUT2D eigenvalue weighted by Gasteiger charge is 2.25. The molecule has 6 heteroatoms. The summed E-state index contributed by atoms with van der Waals surface area (Å²) in [6.07, 6.45) is 7.72. The third kappa shape index (κ3) is 2.53. The summed E-state index contributed by atoms with van der Waals surface area (Å²) < 4.78 is 4.91. The Kier molecular flexibility index (Phi) is 4.27. The van der Waals surface area contributed by atoms with Gasteiger partial charge in [0, 0.05) is 36.9 Å². The number of halogens is 1. The van der Waals surface area contributed by atoms with Gasteiger partial charge in [0.2, 0.25) is 0 Å². The molecule has 136 valence electrons. The van der Waals surface area contributed by atoms with E-state index >= 15 is 0 Å². The zero-order chi connectivity index (χ0) is 18.4. The van der Waals surface area contributed by atoms with Crippen molar-refractivity contribution < 1.29 is 0 Å². The molecule has 0 atom stereocenters. The molecule has 0 spiro atoms. The fourth-order valence-corrected chi connectivity index (χ4v) is 4.36. The quantitative estimate of drug-likeness (QED) is 0.686. The van der Waals surface area contributed by atoms with Crippen molar-refractivity contribution >= 4 is 22.5 Å². The van der Waals surface area contributed by atoms with Gasteiger partial charge in [0.15, 0.2) is 0 Å². The maximum absolute atomic E-state index is 13.0. The molecule has 2 heterocycles. The van der Waals surface area contributed by atoms with Crippen molar-refractivity contribution in [3.63, 3.8) is 0 Å². The number of hydrogen-bond acceptors (Lipinski definition) is 2. The van der Waals surface area contributed by atoms with Gasteiger partial charge >= 0.3 is 5.69 Å². The predicted octanol–water partition coefficient (Wildman–Crippen LogP) is 3.86. The first-order chi connectivity index (χ1) is 12.5. The predicted molar refractivity (Wildman–Crippen MR) is 105 cm³/mol. The van der Waals surface area contributed by atoms with Crippen LogP contribution in [0.15, 0.2) is 40.1 Å². The van der Waals surface area contributed by atoms with Crippen molar-refractivity contribution in [2.75, 3.05) is 0 Å². The van der Waals surface area contributed by atoms with Gasteiger partial charge in [0.25, 0.3) is 5.56 Å². The van der Waals surface area contributed by atoms with E-state index in [1.54, 1.807) is 11.6 Å². The molecule has 1 aliphatic rings. The number of benzene rings is 1. The van der Waals surface area contributed by atoms with E-state index in [1.165, 1.54) is 30.9 Å². The summed E-state index contributed by atoms with van der Waals surface area (Å²) in [5.41, 5.74) is 1.75. The molecule has 0 aliphatic heterocycles. The lowest BCUT2D eigenvalue weighted by Gasteiger charge is -2.25. The van der Waals surface area contributed by atoms with Crippen molar-refractivity contribution in [2.45, 2.75) is 38.1 Å². The Hall–Kier alpha value is -2.27. The van der Waals surface area contributed by atoms with Crippen LogP contribution in [0.4, 0.5) is 0 Å². The molecule has 4 rings (SSSR count). The van der Waals surface area contributed by atoms with Crippen LogP contribution in [0.2, 0.25) is 5.02 Å². The van der Waals surface area contributed by atoms with E-state index in [-0.39, 0.29) is 11.2 Å². The van der Waals surface area contributed by atoms with Crippen molar-refractivity contribution in [1.82, 2.24) is 13.7 Å². The van der Waals surface area contributed by atoms with Crippen molar-refractivity contribution in [3.8, 4) is 11.3 Å². The average molecular weight is 372 g/mol. The summed E-state index contributed by atoms with van der Waals surface area (Å²) in [6, 6.07) is 7.92. The van der Waals surface area contributed by atoms with Gasteiger partial charge in [-0.15, -0.1) is 0 Å². The van der Waals surface area contributed by atoms with Gasteiger partial charge in [-0.05, 0) is 18.9 Å². The van der Waals surface area contributed by atoms with E-state index in [0.717, 1.165) is 24.1 Å². The molecular weight excluding hydrogens is 350 g/mol. The van der Waals surface area contributed by atoms with E-state index in [0.29, 0.717) is 22.0 Å². The molecule has 0 amide bonds. The van der Waals surface area contributed by atoms with Gasteiger partial charge in [-0.1, -0.05) is 49.1 Å². The Bertz CT molecular complexity index is 1100. The summed E-state index contributed by atoms with van der Waals surface area (Å²) in [6.45, 7) is 0. The second-order valence-electron chi connectivity index (χ2n) is 7.12. The smallest absolute Gasteiger partial charge is 0.330 e. The molecule has 1 aliphatic carbocycles. The Morgan fingerprint density at radius 2 is 1.69 bits per heavy atom. The Morgan fingerprint density at radius 1 is 1.00 bits per heavy atom. The second kappa shape index (κ2) is 6.47. The van der Waals surface area contributed by atoms with Gasteiger partial charge in [-0.2, -0.15) is 0 Å². The molecule has 1 fully saturated rings. The summed E-state index contributed by atoms with van der Waals surface area (Å²) >= 11 is 6.50.